The molecule has 0 unspecified atom stereocenters. The van der Waals surface area contributed by atoms with E-state index in [1.54, 1.807) is 19.2 Å². The summed E-state index contributed by atoms with van der Waals surface area (Å²) in [7, 11) is -2.02. The molecule has 1 aromatic heterocycles. The van der Waals surface area contributed by atoms with Gasteiger partial charge in [0.05, 0.1) is 10.6 Å². The first-order valence-corrected chi connectivity index (χ1v) is 11.4. The summed E-state index contributed by atoms with van der Waals surface area (Å²) in [4.78, 5) is 12.1. The zero-order valence-corrected chi connectivity index (χ0v) is 19.0. The van der Waals surface area contributed by atoms with Gasteiger partial charge >= 0.3 is 0 Å². The number of nitrogens with one attached hydrogen (secondary N) is 1. The van der Waals surface area contributed by atoms with Crippen molar-refractivity contribution in [3.8, 4) is 0 Å². The average Bonchev–Trinajstić information content (AvgIpc) is 2.92. The fourth-order valence-electron chi connectivity index (χ4n) is 3.27. The lowest BCUT2D eigenvalue weighted by molar-refractivity contribution is -0.116. The third-order valence-electron chi connectivity index (χ3n) is 4.95. The van der Waals surface area contributed by atoms with Gasteiger partial charge in [-0.15, -0.1) is 0 Å². The third-order valence-corrected chi connectivity index (χ3v) is 6.82. The summed E-state index contributed by atoms with van der Waals surface area (Å²) in [5, 5.41) is 7.28. The van der Waals surface area contributed by atoms with E-state index < -0.39 is 10.0 Å². The number of rotatable bonds is 9. The van der Waals surface area contributed by atoms with Crippen molar-refractivity contribution in [1.29, 1.82) is 0 Å². The Morgan fingerprint density at radius 3 is 2.34 bits per heavy atom. The van der Waals surface area contributed by atoms with Crippen LogP contribution in [0.25, 0.3) is 0 Å². The summed E-state index contributed by atoms with van der Waals surface area (Å²) >= 11 is 0. The van der Waals surface area contributed by atoms with Gasteiger partial charge in [0, 0.05) is 37.9 Å². The molecule has 0 radical (unpaired) electrons. The second-order valence-electron chi connectivity index (χ2n) is 7.71. The molecule has 0 aliphatic rings. The number of anilines is 1. The zero-order chi connectivity index (χ0) is 21.8. The summed E-state index contributed by atoms with van der Waals surface area (Å²) in [5.41, 5.74) is 3.71. The van der Waals surface area contributed by atoms with Gasteiger partial charge in [-0.2, -0.15) is 5.10 Å². The number of aromatic nitrogens is 2. The lowest BCUT2D eigenvalue weighted by atomic mass is 10.1. The fraction of sp³-hybridized carbons (Fsp3) is 0.524. The molecule has 0 atom stereocenters. The minimum atomic E-state index is -3.60. The van der Waals surface area contributed by atoms with Crippen LogP contribution in [-0.2, 0) is 27.8 Å². The highest BCUT2D eigenvalue weighted by atomic mass is 32.2. The molecule has 1 heterocycles. The number of amides is 1. The van der Waals surface area contributed by atoms with Gasteiger partial charge in [-0.05, 0) is 62.9 Å². The largest absolute Gasteiger partial charge is 0.326 e. The SMILES string of the molecule is CCn1nc(C)c(CCN(C)S(=O)(=O)c2ccc(NC(=O)CC(C)C)cc2)c1C. The Morgan fingerprint density at radius 1 is 1.21 bits per heavy atom. The van der Waals surface area contributed by atoms with Gasteiger partial charge in [0.2, 0.25) is 15.9 Å². The van der Waals surface area contributed by atoms with Gasteiger partial charge in [0.25, 0.3) is 0 Å². The minimum Gasteiger partial charge on any atom is -0.326 e. The second-order valence-corrected chi connectivity index (χ2v) is 9.76. The summed E-state index contributed by atoms with van der Waals surface area (Å²) in [6.45, 7) is 11.1. The van der Waals surface area contributed by atoms with Gasteiger partial charge in [0.1, 0.15) is 0 Å². The Labute approximate surface area is 174 Å². The first-order chi connectivity index (χ1) is 13.6. The molecule has 1 N–H and O–H groups in total. The van der Waals surface area contributed by atoms with Crippen molar-refractivity contribution in [3.63, 3.8) is 0 Å². The Balaban J connectivity index is 2.06. The molecule has 2 rings (SSSR count). The molecule has 0 saturated carbocycles. The van der Waals surface area contributed by atoms with Gasteiger partial charge in [-0.1, -0.05) is 13.8 Å². The number of hydrogen-bond acceptors (Lipinski definition) is 4. The molecule has 0 aliphatic heterocycles. The molecule has 7 nitrogen and oxygen atoms in total. The molecule has 0 spiro atoms. The Bertz CT molecular complexity index is 947. The van der Waals surface area contributed by atoms with Crippen LogP contribution in [0.2, 0.25) is 0 Å². The van der Waals surface area contributed by atoms with Crippen molar-refractivity contribution in [2.45, 2.75) is 58.9 Å². The normalized spacial score (nSPS) is 12.0. The molecular formula is C21H32N4O3S. The number of likely N-dealkylation sites (N-methyl/N-ethyl adjacent to an activating group) is 1. The van der Waals surface area contributed by atoms with Crippen LogP contribution >= 0.6 is 0 Å². The summed E-state index contributed by atoms with van der Waals surface area (Å²) < 4.78 is 29.1. The monoisotopic (exact) mass is 420 g/mol. The number of sulfonamides is 1. The van der Waals surface area contributed by atoms with Crippen molar-refractivity contribution in [1.82, 2.24) is 14.1 Å². The van der Waals surface area contributed by atoms with E-state index in [1.807, 2.05) is 39.3 Å². The molecule has 8 heteroatoms. The summed E-state index contributed by atoms with van der Waals surface area (Å²) in [6, 6.07) is 6.31. The van der Waals surface area contributed by atoms with Crippen LogP contribution in [0.15, 0.2) is 29.2 Å². The minimum absolute atomic E-state index is 0.0777. The van der Waals surface area contributed by atoms with Crippen LogP contribution in [0.5, 0.6) is 0 Å². The van der Waals surface area contributed by atoms with E-state index in [4.69, 9.17) is 0 Å². The van der Waals surface area contributed by atoms with E-state index in [-0.39, 0.29) is 16.7 Å². The molecule has 0 aliphatic carbocycles. The van der Waals surface area contributed by atoms with Gasteiger partial charge in [-0.3, -0.25) is 9.48 Å². The highest BCUT2D eigenvalue weighted by Gasteiger charge is 2.22. The Kier molecular flexibility index (Phi) is 7.60. The number of carbonyl (C=O) groups excluding carboxylic acids is 1. The maximum Gasteiger partial charge on any atom is 0.242 e. The van der Waals surface area contributed by atoms with Crippen LogP contribution in [-0.4, -0.2) is 42.0 Å². The molecule has 0 bridgehead atoms. The third kappa shape index (κ3) is 5.67. The lowest BCUT2D eigenvalue weighted by Crippen LogP contribution is -2.29. The van der Waals surface area contributed by atoms with Crippen LogP contribution in [0.1, 0.15) is 44.1 Å². The van der Waals surface area contributed by atoms with E-state index >= 15 is 0 Å². The standard InChI is InChI=1S/C21H32N4O3S/c1-7-25-17(5)20(16(4)23-25)12-13-24(6)29(27,28)19-10-8-18(9-11-19)22-21(26)14-15(2)3/h8-11,15H,7,12-14H2,1-6H3,(H,22,26). The molecule has 1 amide bonds. The highest BCUT2D eigenvalue weighted by Crippen LogP contribution is 2.20. The summed E-state index contributed by atoms with van der Waals surface area (Å²) in [5.74, 6) is 0.186. The average molecular weight is 421 g/mol. The molecule has 2 aromatic rings. The molecule has 160 valence electrons. The number of aryl methyl sites for hydroxylation is 2. The first-order valence-electron chi connectivity index (χ1n) is 9.95. The molecule has 0 saturated heterocycles. The van der Waals surface area contributed by atoms with Crippen LogP contribution in [0.4, 0.5) is 5.69 Å². The van der Waals surface area contributed by atoms with E-state index in [0.29, 0.717) is 25.1 Å². The fourth-order valence-corrected chi connectivity index (χ4v) is 4.44. The van der Waals surface area contributed by atoms with E-state index in [0.717, 1.165) is 23.5 Å². The molecule has 0 fully saturated rings. The van der Waals surface area contributed by atoms with E-state index in [1.165, 1.54) is 16.4 Å². The quantitative estimate of drug-likeness (QED) is 0.674. The van der Waals surface area contributed by atoms with Crippen molar-refractivity contribution in [2.75, 3.05) is 18.9 Å². The topological polar surface area (TPSA) is 84.3 Å². The van der Waals surface area contributed by atoms with Gasteiger partial charge in [-0.25, -0.2) is 12.7 Å². The van der Waals surface area contributed by atoms with E-state index in [9.17, 15) is 13.2 Å². The van der Waals surface area contributed by atoms with Gasteiger partial charge < -0.3 is 5.32 Å². The number of hydrogen-bond donors (Lipinski definition) is 1. The van der Waals surface area contributed by atoms with Crippen LogP contribution in [0.3, 0.4) is 0 Å². The lowest BCUT2D eigenvalue weighted by Gasteiger charge is -2.18. The number of benzene rings is 1. The molecular weight excluding hydrogens is 388 g/mol. The van der Waals surface area contributed by atoms with Gasteiger partial charge in [0.15, 0.2) is 0 Å². The smallest absolute Gasteiger partial charge is 0.242 e. The molecule has 29 heavy (non-hydrogen) atoms. The predicted molar refractivity (Wildman–Crippen MR) is 115 cm³/mol. The van der Waals surface area contributed by atoms with Crippen molar-refractivity contribution < 1.29 is 13.2 Å². The maximum absolute atomic E-state index is 12.9. The Hall–Kier alpha value is -2.19. The Morgan fingerprint density at radius 2 is 1.83 bits per heavy atom. The van der Waals surface area contributed by atoms with Crippen LogP contribution in [0, 0.1) is 19.8 Å². The second kappa shape index (κ2) is 9.54. The maximum atomic E-state index is 12.9. The van der Waals surface area contributed by atoms with Crippen molar-refractivity contribution >= 4 is 21.6 Å². The first kappa shape index (κ1) is 23.1. The number of nitrogens with zero attached hydrogens (tertiary/aromatic N) is 3. The zero-order valence-electron chi connectivity index (χ0n) is 18.2. The van der Waals surface area contributed by atoms with E-state index in [2.05, 4.69) is 10.4 Å². The predicted octanol–water partition coefficient (Wildman–Crippen LogP) is 3.37. The van der Waals surface area contributed by atoms with Crippen molar-refractivity contribution in [2.24, 2.45) is 5.92 Å². The number of carbonyl (C=O) groups is 1. The summed E-state index contributed by atoms with van der Waals surface area (Å²) in [6.07, 6.45) is 1.03. The van der Waals surface area contributed by atoms with Crippen LogP contribution < -0.4 is 5.32 Å². The molecule has 1 aromatic carbocycles. The highest BCUT2D eigenvalue weighted by molar-refractivity contribution is 7.89. The van der Waals surface area contributed by atoms with Crippen molar-refractivity contribution in [3.05, 3.63) is 41.2 Å².